The maximum Gasteiger partial charge on any atom is 0.329 e. The van der Waals surface area contributed by atoms with Crippen LogP contribution in [-0.4, -0.2) is 23.9 Å². The molecule has 1 saturated heterocycles. The lowest BCUT2D eigenvalue weighted by molar-refractivity contribution is -0.123. The van der Waals surface area contributed by atoms with Crippen LogP contribution in [0.15, 0.2) is 66.4 Å². The van der Waals surface area contributed by atoms with Crippen LogP contribution in [0, 0.1) is 12.7 Å². The van der Waals surface area contributed by atoms with E-state index in [2.05, 4.69) is 5.32 Å². The van der Waals surface area contributed by atoms with Crippen molar-refractivity contribution in [3.05, 3.63) is 99.5 Å². The summed E-state index contributed by atoms with van der Waals surface area (Å²) in [6.45, 7) is 2.09. The van der Waals surface area contributed by atoms with Crippen LogP contribution in [-0.2, 0) is 17.9 Å². The van der Waals surface area contributed by atoms with Gasteiger partial charge in [-0.2, -0.15) is 0 Å². The Balaban J connectivity index is 1.53. The van der Waals surface area contributed by atoms with Crippen LogP contribution < -0.4 is 14.8 Å². The first-order chi connectivity index (χ1) is 16.4. The molecule has 174 valence electrons. The first kappa shape index (κ1) is 23.3. The molecule has 0 spiro atoms. The number of carbonyl (C=O) groups is 2. The van der Waals surface area contributed by atoms with Gasteiger partial charge in [-0.25, -0.2) is 9.18 Å². The van der Waals surface area contributed by atoms with Crippen LogP contribution in [0.25, 0.3) is 6.08 Å². The lowest BCUT2D eigenvalue weighted by atomic mass is 10.1. The first-order valence-corrected chi connectivity index (χ1v) is 10.9. The monoisotopic (exact) mass is 480 g/mol. The third-order valence-corrected chi connectivity index (χ3v) is 5.60. The van der Waals surface area contributed by atoms with Crippen molar-refractivity contribution in [3.8, 4) is 11.5 Å². The van der Waals surface area contributed by atoms with Crippen molar-refractivity contribution in [3.63, 3.8) is 0 Å². The predicted octanol–water partition coefficient (Wildman–Crippen LogP) is 5.47. The normalized spacial score (nSPS) is 14.5. The van der Waals surface area contributed by atoms with Crippen LogP contribution in [0.3, 0.4) is 0 Å². The highest BCUT2D eigenvalue weighted by molar-refractivity contribution is 6.32. The lowest BCUT2D eigenvalue weighted by Crippen LogP contribution is -2.30. The summed E-state index contributed by atoms with van der Waals surface area (Å²) in [5, 5.41) is 2.82. The molecule has 1 aliphatic rings. The van der Waals surface area contributed by atoms with E-state index < -0.39 is 11.9 Å². The number of nitrogens with one attached hydrogen (secondary N) is 1. The zero-order valence-corrected chi connectivity index (χ0v) is 19.4. The lowest BCUT2D eigenvalue weighted by Gasteiger charge is -2.14. The number of nitrogens with zero attached hydrogens (tertiary/aromatic N) is 1. The van der Waals surface area contributed by atoms with Gasteiger partial charge in [0.15, 0.2) is 11.5 Å². The van der Waals surface area contributed by atoms with E-state index in [4.69, 9.17) is 21.1 Å². The van der Waals surface area contributed by atoms with Gasteiger partial charge in [0.1, 0.15) is 18.1 Å². The van der Waals surface area contributed by atoms with Gasteiger partial charge >= 0.3 is 6.03 Å². The van der Waals surface area contributed by atoms with Crippen LogP contribution in [0.2, 0.25) is 5.02 Å². The van der Waals surface area contributed by atoms with E-state index >= 15 is 0 Å². The Kier molecular flexibility index (Phi) is 6.84. The average Bonchev–Trinajstić information content (AvgIpc) is 3.07. The molecule has 3 aromatic rings. The second kappa shape index (κ2) is 9.97. The van der Waals surface area contributed by atoms with Crippen molar-refractivity contribution in [2.45, 2.75) is 20.1 Å². The Hall–Kier alpha value is -3.84. The number of amides is 3. The highest BCUT2D eigenvalue weighted by atomic mass is 35.5. The zero-order valence-electron chi connectivity index (χ0n) is 18.6. The molecule has 6 nitrogen and oxygen atoms in total. The van der Waals surface area contributed by atoms with Crippen molar-refractivity contribution in [2.75, 3.05) is 7.11 Å². The summed E-state index contributed by atoms with van der Waals surface area (Å²) in [5.74, 6) is -0.272. The third kappa shape index (κ3) is 5.05. The quantitative estimate of drug-likeness (QED) is 0.360. The van der Waals surface area contributed by atoms with E-state index in [0.29, 0.717) is 16.9 Å². The molecule has 0 aliphatic carbocycles. The second-order valence-corrected chi connectivity index (χ2v) is 8.19. The molecular weight excluding hydrogens is 459 g/mol. The number of rotatable bonds is 7. The summed E-state index contributed by atoms with van der Waals surface area (Å²) in [4.78, 5) is 26.4. The van der Waals surface area contributed by atoms with E-state index in [1.165, 1.54) is 19.3 Å². The van der Waals surface area contributed by atoms with Gasteiger partial charge in [0.05, 0.1) is 18.7 Å². The zero-order chi connectivity index (χ0) is 24.2. The minimum absolute atomic E-state index is 0.0360. The number of ether oxygens (including phenoxy) is 2. The maximum absolute atomic E-state index is 13.9. The summed E-state index contributed by atoms with van der Waals surface area (Å²) < 4.78 is 25.0. The fraction of sp³-hybridized carbons (Fsp3) is 0.154. The van der Waals surface area contributed by atoms with Gasteiger partial charge in [0.25, 0.3) is 5.91 Å². The minimum atomic E-state index is -0.500. The highest BCUT2D eigenvalue weighted by Gasteiger charge is 2.33. The van der Waals surface area contributed by atoms with E-state index in [9.17, 15) is 14.0 Å². The van der Waals surface area contributed by atoms with Crippen molar-refractivity contribution >= 4 is 29.6 Å². The summed E-state index contributed by atoms with van der Waals surface area (Å²) in [6.07, 6.45) is 1.52. The smallest absolute Gasteiger partial charge is 0.329 e. The Bertz CT molecular complexity index is 1270. The van der Waals surface area contributed by atoms with Crippen LogP contribution in [0.5, 0.6) is 11.5 Å². The Morgan fingerprint density at radius 2 is 1.82 bits per heavy atom. The summed E-state index contributed by atoms with van der Waals surface area (Å²) >= 11 is 6.41. The second-order valence-electron chi connectivity index (χ2n) is 7.78. The molecule has 8 heteroatoms. The van der Waals surface area contributed by atoms with Crippen LogP contribution >= 0.6 is 11.6 Å². The fourth-order valence-corrected chi connectivity index (χ4v) is 3.76. The molecule has 1 aliphatic heterocycles. The third-order valence-electron chi connectivity index (χ3n) is 5.32. The SMILES string of the molecule is COc1cc(/C=C2/NC(=O)N(Cc3ccc(C)cc3)C2=O)cc(Cl)c1OCc1ccccc1F. The van der Waals surface area contributed by atoms with Crippen LogP contribution in [0.4, 0.5) is 9.18 Å². The molecule has 1 N–H and O–H groups in total. The van der Waals surface area contributed by atoms with E-state index in [1.807, 2.05) is 31.2 Å². The summed E-state index contributed by atoms with van der Waals surface area (Å²) in [5.41, 5.74) is 2.96. The molecule has 0 atom stereocenters. The number of halogens is 2. The molecule has 34 heavy (non-hydrogen) atoms. The molecule has 1 fully saturated rings. The van der Waals surface area contributed by atoms with Gasteiger partial charge in [-0.15, -0.1) is 0 Å². The Labute approximate surface area is 201 Å². The molecule has 0 aromatic heterocycles. The van der Waals surface area contributed by atoms with Gasteiger partial charge in [-0.05, 0) is 42.3 Å². The average molecular weight is 481 g/mol. The summed E-state index contributed by atoms with van der Waals surface area (Å²) in [6, 6.07) is 16.6. The van der Waals surface area contributed by atoms with Crippen molar-refractivity contribution in [2.24, 2.45) is 0 Å². The molecular formula is C26H22ClFN2O4. The number of carbonyl (C=O) groups excluding carboxylic acids is 2. The van der Waals surface area contributed by atoms with Crippen molar-refractivity contribution < 1.29 is 23.5 Å². The molecule has 0 bridgehead atoms. The number of aryl methyl sites for hydroxylation is 1. The van der Waals surface area contributed by atoms with Gasteiger partial charge in [0.2, 0.25) is 0 Å². The minimum Gasteiger partial charge on any atom is -0.493 e. The molecule has 0 radical (unpaired) electrons. The summed E-state index contributed by atoms with van der Waals surface area (Å²) in [7, 11) is 1.45. The maximum atomic E-state index is 13.9. The van der Waals surface area contributed by atoms with Gasteiger partial charge in [-0.1, -0.05) is 59.6 Å². The number of imide groups is 1. The number of benzene rings is 3. The molecule has 1 heterocycles. The van der Waals surface area contributed by atoms with E-state index in [-0.39, 0.29) is 35.4 Å². The van der Waals surface area contributed by atoms with Gasteiger partial charge in [0, 0.05) is 5.56 Å². The number of hydrogen-bond acceptors (Lipinski definition) is 4. The molecule has 0 saturated carbocycles. The predicted molar refractivity (Wildman–Crippen MR) is 127 cm³/mol. The Morgan fingerprint density at radius 1 is 1.09 bits per heavy atom. The van der Waals surface area contributed by atoms with Gasteiger partial charge in [-0.3, -0.25) is 9.69 Å². The van der Waals surface area contributed by atoms with Gasteiger partial charge < -0.3 is 14.8 Å². The van der Waals surface area contributed by atoms with Crippen molar-refractivity contribution in [1.82, 2.24) is 10.2 Å². The van der Waals surface area contributed by atoms with Crippen molar-refractivity contribution in [1.29, 1.82) is 0 Å². The molecule has 3 amide bonds. The first-order valence-electron chi connectivity index (χ1n) is 10.5. The number of urea groups is 1. The van der Waals surface area contributed by atoms with Crippen LogP contribution in [0.1, 0.15) is 22.3 Å². The standard InChI is InChI=1S/C26H22ClFN2O4/c1-16-7-9-17(10-8-16)14-30-25(31)22(29-26(30)32)12-18-11-20(27)24(23(13-18)33-2)34-15-19-5-3-4-6-21(19)28/h3-13H,14-15H2,1-2H3,(H,29,32)/b22-12+. The molecule has 4 rings (SSSR count). The molecule has 3 aromatic carbocycles. The number of hydrogen-bond donors (Lipinski definition) is 1. The largest absolute Gasteiger partial charge is 0.493 e. The number of methoxy groups -OCH3 is 1. The van der Waals surface area contributed by atoms with E-state index in [0.717, 1.165) is 16.0 Å². The van der Waals surface area contributed by atoms with E-state index in [1.54, 1.807) is 30.3 Å². The topological polar surface area (TPSA) is 67.9 Å². The molecule has 0 unspecified atom stereocenters. The highest BCUT2D eigenvalue weighted by Crippen LogP contribution is 2.37. The Morgan fingerprint density at radius 3 is 2.53 bits per heavy atom. The fourth-order valence-electron chi connectivity index (χ4n) is 3.49.